The van der Waals surface area contributed by atoms with Crippen LogP contribution in [0.15, 0.2) is 53.0 Å². The molecule has 6 heteroatoms. The van der Waals surface area contributed by atoms with Gasteiger partial charge in [0.1, 0.15) is 5.75 Å². The largest absolute Gasteiger partial charge is 0.496 e. The zero-order chi connectivity index (χ0) is 19.1. The number of benzene rings is 2. The van der Waals surface area contributed by atoms with Crippen molar-refractivity contribution in [3.8, 4) is 5.75 Å². The Bertz CT molecular complexity index is 765. The van der Waals surface area contributed by atoms with E-state index in [0.29, 0.717) is 6.54 Å². The van der Waals surface area contributed by atoms with Crippen LogP contribution in [-0.4, -0.2) is 30.9 Å². The first kappa shape index (κ1) is 20.0. The molecule has 0 fully saturated rings. The van der Waals surface area contributed by atoms with Crippen molar-refractivity contribution in [2.24, 2.45) is 0 Å². The van der Waals surface area contributed by atoms with Crippen molar-refractivity contribution in [1.82, 2.24) is 10.2 Å². The summed E-state index contributed by atoms with van der Waals surface area (Å²) in [6.07, 6.45) is 0.191. The molecule has 0 saturated heterocycles. The Morgan fingerprint density at radius 1 is 1.19 bits per heavy atom. The van der Waals surface area contributed by atoms with E-state index in [1.807, 2.05) is 48.5 Å². The first-order chi connectivity index (χ1) is 12.4. The lowest BCUT2D eigenvalue weighted by atomic mass is 10.0. The highest BCUT2D eigenvalue weighted by molar-refractivity contribution is 9.10. The average molecular weight is 419 g/mol. The second-order valence-corrected chi connectivity index (χ2v) is 6.99. The second-order valence-electron chi connectivity index (χ2n) is 6.07. The van der Waals surface area contributed by atoms with Gasteiger partial charge in [-0.15, -0.1) is 0 Å². The smallest absolute Gasteiger partial charge is 0.225 e. The minimum atomic E-state index is -0.354. The summed E-state index contributed by atoms with van der Waals surface area (Å²) in [6.45, 7) is 1.87. The number of carbonyl (C=O) groups is 2. The van der Waals surface area contributed by atoms with Crippen molar-refractivity contribution in [1.29, 1.82) is 0 Å². The van der Waals surface area contributed by atoms with Gasteiger partial charge in [-0.3, -0.25) is 9.59 Å². The fourth-order valence-electron chi connectivity index (χ4n) is 2.73. The first-order valence-corrected chi connectivity index (χ1v) is 9.08. The zero-order valence-corrected chi connectivity index (χ0v) is 16.7. The van der Waals surface area contributed by atoms with Gasteiger partial charge in [0.15, 0.2) is 0 Å². The number of nitrogens with zero attached hydrogens (tertiary/aromatic N) is 1. The van der Waals surface area contributed by atoms with Crippen LogP contribution in [0.3, 0.4) is 0 Å². The highest BCUT2D eigenvalue weighted by Gasteiger charge is 2.20. The van der Waals surface area contributed by atoms with Crippen molar-refractivity contribution in [3.05, 3.63) is 64.1 Å². The summed E-state index contributed by atoms with van der Waals surface area (Å²) in [5, 5.41) is 2.86. The van der Waals surface area contributed by atoms with Gasteiger partial charge in [0.25, 0.3) is 0 Å². The molecule has 2 aromatic rings. The van der Waals surface area contributed by atoms with Crippen LogP contribution in [0.1, 0.15) is 30.5 Å². The van der Waals surface area contributed by atoms with Crippen LogP contribution in [-0.2, 0) is 16.1 Å². The summed E-state index contributed by atoms with van der Waals surface area (Å²) in [5.41, 5.74) is 1.82. The molecule has 0 aliphatic rings. The number of hydrogen-bond acceptors (Lipinski definition) is 3. The molecular formula is C20H23BrN2O3. The molecule has 0 bridgehead atoms. The monoisotopic (exact) mass is 418 g/mol. The Labute approximate surface area is 162 Å². The molecule has 1 atom stereocenters. The van der Waals surface area contributed by atoms with Gasteiger partial charge >= 0.3 is 0 Å². The third-order valence-electron chi connectivity index (χ3n) is 4.03. The van der Waals surface area contributed by atoms with Gasteiger partial charge < -0.3 is 15.0 Å². The van der Waals surface area contributed by atoms with Crippen LogP contribution in [0.25, 0.3) is 0 Å². The van der Waals surface area contributed by atoms with Gasteiger partial charge in [-0.1, -0.05) is 46.3 Å². The summed E-state index contributed by atoms with van der Waals surface area (Å²) < 4.78 is 6.29. The van der Waals surface area contributed by atoms with Gasteiger partial charge in [-0.2, -0.15) is 0 Å². The van der Waals surface area contributed by atoms with Gasteiger partial charge in [0.05, 0.1) is 19.6 Å². The molecule has 0 aliphatic carbocycles. The molecule has 2 aromatic carbocycles. The Kier molecular flexibility index (Phi) is 7.21. The summed E-state index contributed by atoms with van der Waals surface area (Å²) in [5.74, 6) is 0.506. The number of methoxy groups -OCH3 is 1. The highest BCUT2D eigenvalue weighted by Crippen LogP contribution is 2.25. The lowest BCUT2D eigenvalue weighted by molar-refractivity contribution is -0.131. The normalized spacial score (nSPS) is 11.5. The average Bonchev–Trinajstić information content (AvgIpc) is 2.61. The molecule has 0 aromatic heterocycles. The number of rotatable bonds is 7. The van der Waals surface area contributed by atoms with E-state index >= 15 is 0 Å². The van der Waals surface area contributed by atoms with Crippen molar-refractivity contribution >= 4 is 27.7 Å². The molecule has 138 valence electrons. The van der Waals surface area contributed by atoms with Crippen molar-refractivity contribution in [3.63, 3.8) is 0 Å². The molecule has 1 N–H and O–H groups in total. The molecule has 26 heavy (non-hydrogen) atoms. The van der Waals surface area contributed by atoms with E-state index in [1.54, 1.807) is 19.1 Å². The minimum absolute atomic E-state index is 0.0605. The van der Waals surface area contributed by atoms with Crippen LogP contribution >= 0.6 is 15.9 Å². The van der Waals surface area contributed by atoms with E-state index in [1.165, 1.54) is 6.92 Å². The lowest BCUT2D eigenvalue weighted by Gasteiger charge is -2.23. The summed E-state index contributed by atoms with van der Waals surface area (Å²) in [6, 6.07) is 14.8. The van der Waals surface area contributed by atoms with Gasteiger partial charge in [0, 0.05) is 30.6 Å². The third-order valence-corrected chi connectivity index (χ3v) is 4.53. The van der Waals surface area contributed by atoms with Crippen molar-refractivity contribution in [2.45, 2.75) is 25.9 Å². The fraction of sp³-hybridized carbons (Fsp3) is 0.300. The molecule has 0 unspecified atom stereocenters. The van der Waals surface area contributed by atoms with E-state index in [4.69, 9.17) is 4.74 Å². The molecule has 2 amide bonds. The molecule has 0 heterocycles. The Balaban J connectivity index is 2.11. The highest BCUT2D eigenvalue weighted by atomic mass is 79.9. The molecule has 5 nitrogen and oxygen atoms in total. The van der Waals surface area contributed by atoms with Crippen LogP contribution in [0.4, 0.5) is 0 Å². The van der Waals surface area contributed by atoms with Crippen LogP contribution in [0.2, 0.25) is 0 Å². The number of hydrogen-bond donors (Lipinski definition) is 1. The molecule has 0 saturated carbocycles. The van der Waals surface area contributed by atoms with Crippen LogP contribution in [0, 0.1) is 0 Å². The summed E-state index contributed by atoms with van der Waals surface area (Å²) >= 11 is 3.44. The van der Waals surface area contributed by atoms with E-state index in [-0.39, 0.29) is 24.3 Å². The van der Waals surface area contributed by atoms with Crippen molar-refractivity contribution in [2.75, 3.05) is 14.2 Å². The standard InChI is InChI=1S/C20H23BrN2O3/c1-14(24)22-18(15-7-5-4-6-8-15)12-20(25)23(2)13-16-11-17(21)9-10-19(16)26-3/h4-11,18H,12-13H2,1-3H3,(H,22,24)/t18-/m1/s1. The molecule has 2 rings (SSSR count). The number of halogens is 1. The number of nitrogens with one attached hydrogen (secondary N) is 1. The van der Waals surface area contributed by atoms with E-state index in [2.05, 4.69) is 21.2 Å². The Morgan fingerprint density at radius 3 is 2.50 bits per heavy atom. The quantitative estimate of drug-likeness (QED) is 0.745. The second kappa shape index (κ2) is 9.38. The maximum Gasteiger partial charge on any atom is 0.225 e. The number of carbonyl (C=O) groups excluding carboxylic acids is 2. The topological polar surface area (TPSA) is 58.6 Å². The number of amides is 2. The predicted octanol–water partition coefficient (Wildman–Crippen LogP) is 3.68. The molecule has 0 aliphatic heterocycles. The van der Waals surface area contributed by atoms with E-state index < -0.39 is 0 Å². The Morgan fingerprint density at radius 2 is 1.88 bits per heavy atom. The third kappa shape index (κ3) is 5.59. The van der Waals surface area contributed by atoms with Gasteiger partial charge in [-0.25, -0.2) is 0 Å². The molecule has 0 radical (unpaired) electrons. The SMILES string of the molecule is COc1ccc(Br)cc1CN(C)C(=O)C[C@@H](NC(C)=O)c1ccccc1. The van der Waals surface area contributed by atoms with E-state index in [0.717, 1.165) is 21.3 Å². The Hall–Kier alpha value is -2.34. The van der Waals surface area contributed by atoms with E-state index in [9.17, 15) is 9.59 Å². The molecule has 0 spiro atoms. The first-order valence-electron chi connectivity index (χ1n) is 8.29. The minimum Gasteiger partial charge on any atom is -0.496 e. The lowest BCUT2D eigenvalue weighted by Crippen LogP contribution is -2.33. The van der Waals surface area contributed by atoms with Crippen molar-refractivity contribution < 1.29 is 14.3 Å². The fourth-order valence-corrected chi connectivity index (χ4v) is 3.14. The summed E-state index contributed by atoms with van der Waals surface area (Å²) in [7, 11) is 3.36. The molecular weight excluding hydrogens is 396 g/mol. The van der Waals surface area contributed by atoms with Gasteiger partial charge in [-0.05, 0) is 23.8 Å². The van der Waals surface area contributed by atoms with Crippen LogP contribution < -0.4 is 10.1 Å². The summed E-state index contributed by atoms with van der Waals surface area (Å²) in [4.78, 5) is 25.9. The van der Waals surface area contributed by atoms with Gasteiger partial charge in [0.2, 0.25) is 11.8 Å². The van der Waals surface area contributed by atoms with Crippen LogP contribution in [0.5, 0.6) is 5.75 Å². The predicted molar refractivity (Wildman–Crippen MR) is 105 cm³/mol. The number of ether oxygens (including phenoxy) is 1. The maximum atomic E-state index is 12.7. The zero-order valence-electron chi connectivity index (χ0n) is 15.2. The maximum absolute atomic E-state index is 12.7.